The molecule has 0 fully saturated rings. The number of rotatable bonds is 4. The second-order valence-corrected chi connectivity index (χ2v) is 11.3. The van der Waals surface area contributed by atoms with Gasteiger partial charge in [0.15, 0.2) is 11.5 Å². The molecule has 0 radical (unpaired) electrons. The highest BCUT2D eigenvalue weighted by Crippen LogP contribution is 2.56. The minimum Gasteiger partial charge on any atom is -0.459 e. The van der Waals surface area contributed by atoms with Crippen molar-refractivity contribution in [1.29, 1.82) is 0 Å². The predicted octanol–water partition coefficient (Wildman–Crippen LogP) is 5.64. The Kier molecular flexibility index (Phi) is 6.09. The zero-order valence-electron chi connectivity index (χ0n) is 22.4. The van der Waals surface area contributed by atoms with E-state index in [0.717, 1.165) is 11.3 Å². The highest BCUT2D eigenvalue weighted by atomic mass is 16.6. The number of non-ortho nitro benzene ring substituents is 1. The van der Waals surface area contributed by atoms with Crippen LogP contribution in [0, 0.1) is 21.4 Å². The number of nitro benzene ring substituents is 1. The van der Waals surface area contributed by atoms with Crippen molar-refractivity contribution in [3.05, 3.63) is 57.6 Å². The SMILES string of the molecule is CC(C)C(=O)Oc1cc([N+](=O)[O-])cc2c1O[C@]1(C=C2)N(C)c2ccc(OC(=O)C(C)(C)C)cc2C1(C)C. The molecule has 2 aliphatic heterocycles. The minimum absolute atomic E-state index is 0.00780. The van der Waals surface area contributed by atoms with Crippen LogP contribution < -0.4 is 19.1 Å². The Morgan fingerprint density at radius 2 is 1.78 bits per heavy atom. The van der Waals surface area contributed by atoms with Crippen LogP contribution in [0.25, 0.3) is 6.08 Å². The molecular formula is C28H32N2O7. The third-order valence-electron chi connectivity index (χ3n) is 6.93. The van der Waals surface area contributed by atoms with Gasteiger partial charge < -0.3 is 19.1 Å². The lowest BCUT2D eigenvalue weighted by Crippen LogP contribution is -2.58. The second kappa shape index (κ2) is 8.61. The molecule has 0 amide bonds. The van der Waals surface area contributed by atoms with Crippen molar-refractivity contribution in [2.75, 3.05) is 11.9 Å². The Balaban J connectivity index is 1.79. The van der Waals surface area contributed by atoms with Crippen molar-refractivity contribution >= 4 is 29.4 Å². The monoisotopic (exact) mass is 508 g/mol. The molecule has 9 nitrogen and oxygen atoms in total. The number of anilines is 1. The first-order chi connectivity index (χ1) is 17.1. The van der Waals surface area contributed by atoms with Crippen LogP contribution in [0.4, 0.5) is 11.4 Å². The number of likely N-dealkylation sites (N-methyl/N-ethyl adjacent to an activating group) is 1. The third-order valence-corrected chi connectivity index (χ3v) is 6.93. The Morgan fingerprint density at radius 3 is 2.38 bits per heavy atom. The molecule has 0 unspecified atom stereocenters. The smallest absolute Gasteiger partial charge is 0.316 e. The number of nitrogens with zero attached hydrogens (tertiary/aromatic N) is 2. The minimum atomic E-state index is -1.05. The first kappa shape index (κ1) is 26.2. The van der Waals surface area contributed by atoms with Crippen LogP contribution in [0.3, 0.4) is 0 Å². The highest BCUT2D eigenvalue weighted by Gasteiger charge is 2.58. The van der Waals surface area contributed by atoms with Gasteiger partial charge in [0.05, 0.1) is 27.7 Å². The maximum absolute atomic E-state index is 12.5. The predicted molar refractivity (Wildman–Crippen MR) is 139 cm³/mol. The Bertz CT molecular complexity index is 1340. The Morgan fingerprint density at radius 1 is 1.11 bits per heavy atom. The maximum Gasteiger partial charge on any atom is 0.316 e. The number of esters is 2. The van der Waals surface area contributed by atoms with Crippen LogP contribution in [-0.2, 0) is 15.0 Å². The van der Waals surface area contributed by atoms with E-state index < -0.39 is 33.4 Å². The fraction of sp³-hybridized carbons (Fsp3) is 0.429. The summed E-state index contributed by atoms with van der Waals surface area (Å²) in [4.78, 5) is 37.9. The van der Waals surface area contributed by atoms with Crippen molar-refractivity contribution in [2.24, 2.45) is 11.3 Å². The van der Waals surface area contributed by atoms with Gasteiger partial charge in [-0.25, -0.2) is 0 Å². The first-order valence-electron chi connectivity index (χ1n) is 12.1. The zero-order chi connectivity index (χ0) is 27.5. The summed E-state index contributed by atoms with van der Waals surface area (Å²) >= 11 is 0. The van der Waals surface area contributed by atoms with E-state index in [-0.39, 0.29) is 23.2 Å². The van der Waals surface area contributed by atoms with Gasteiger partial charge in [0.25, 0.3) is 5.69 Å². The van der Waals surface area contributed by atoms with E-state index in [0.29, 0.717) is 11.3 Å². The molecule has 1 spiro atoms. The Labute approximate surface area is 216 Å². The molecule has 0 aromatic heterocycles. The van der Waals surface area contributed by atoms with Crippen LogP contribution in [-0.4, -0.2) is 29.6 Å². The normalized spacial score (nSPS) is 19.3. The van der Waals surface area contributed by atoms with Crippen LogP contribution in [0.2, 0.25) is 0 Å². The van der Waals surface area contributed by atoms with E-state index in [2.05, 4.69) is 0 Å². The lowest BCUT2D eigenvalue weighted by molar-refractivity contribution is -0.385. The lowest BCUT2D eigenvalue weighted by Gasteiger charge is -2.45. The first-order valence-corrected chi connectivity index (χ1v) is 12.1. The number of carbonyl (C=O) groups excluding carboxylic acids is 2. The molecular weight excluding hydrogens is 476 g/mol. The summed E-state index contributed by atoms with van der Waals surface area (Å²) in [6.07, 6.45) is 3.61. The molecule has 2 aromatic rings. The van der Waals surface area contributed by atoms with E-state index >= 15 is 0 Å². The number of hydrogen-bond donors (Lipinski definition) is 0. The summed E-state index contributed by atoms with van der Waals surface area (Å²) in [6.45, 7) is 12.8. The summed E-state index contributed by atoms with van der Waals surface area (Å²) in [6, 6.07) is 8.06. The molecule has 4 rings (SSSR count). The van der Waals surface area contributed by atoms with Crippen molar-refractivity contribution < 1.29 is 28.7 Å². The molecule has 0 saturated carbocycles. The molecule has 0 aliphatic carbocycles. The van der Waals surface area contributed by atoms with Crippen LogP contribution >= 0.6 is 0 Å². The average molecular weight is 509 g/mol. The number of fused-ring (bicyclic) bond motifs is 2. The number of carbonyl (C=O) groups is 2. The van der Waals surface area contributed by atoms with E-state index in [4.69, 9.17) is 14.2 Å². The number of hydrogen-bond acceptors (Lipinski definition) is 8. The van der Waals surface area contributed by atoms with Gasteiger partial charge in [-0.05, 0) is 70.5 Å². The molecule has 0 N–H and O–H groups in total. The second-order valence-electron chi connectivity index (χ2n) is 11.3. The molecule has 0 bridgehead atoms. The number of nitro groups is 1. The molecule has 1 atom stereocenters. The highest BCUT2D eigenvalue weighted by molar-refractivity contribution is 5.81. The molecule has 9 heteroatoms. The molecule has 2 aromatic carbocycles. The molecule has 196 valence electrons. The van der Waals surface area contributed by atoms with Gasteiger partial charge in [-0.2, -0.15) is 0 Å². The van der Waals surface area contributed by atoms with E-state index in [9.17, 15) is 19.7 Å². The fourth-order valence-corrected chi connectivity index (χ4v) is 4.58. The van der Waals surface area contributed by atoms with Crippen molar-refractivity contribution in [3.8, 4) is 17.2 Å². The van der Waals surface area contributed by atoms with Gasteiger partial charge >= 0.3 is 11.9 Å². The lowest BCUT2D eigenvalue weighted by atomic mass is 9.76. The van der Waals surface area contributed by atoms with Gasteiger partial charge in [-0.3, -0.25) is 19.7 Å². The summed E-state index contributed by atoms with van der Waals surface area (Å²) in [5, 5.41) is 11.5. The summed E-state index contributed by atoms with van der Waals surface area (Å²) in [7, 11) is 1.88. The number of ether oxygens (including phenoxy) is 3. The molecule has 2 heterocycles. The third kappa shape index (κ3) is 4.22. The van der Waals surface area contributed by atoms with Crippen LogP contribution in [0.1, 0.15) is 59.6 Å². The fourth-order valence-electron chi connectivity index (χ4n) is 4.58. The van der Waals surface area contributed by atoms with Crippen LogP contribution in [0.5, 0.6) is 17.2 Å². The van der Waals surface area contributed by atoms with Gasteiger partial charge in [0, 0.05) is 24.4 Å². The topological polar surface area (TPSA) is 108 Å². The van der Waals surface area contributed by atoms with Crippen molar-refractivity contribution in [2.45, 2.75) is 59.6 Å². The number of benzene rings is 2. The van der Waals surface area contributed by atoms with Gasteiger partial charge in [0.1, 0.15) is 5.75 Å². The maximum atomic E-state index is 12.5. The van der Waals surface area contributed by atoms with Gasteiger partial charge in [0.2, 0.25) is 5.72 Å². The van der Waals surface area contributed by atoms with Crippen molar-refractivity contribution in [1.82, 2.24) is 0 Å². The van der Waals surface area contributed by atoms with Gasteiger partial charge in [-0.1, -0.05) is 13.8 Å². The summed E-state index contributed by atoms with van der Waals surface area (Å²) in [5.41, 5.74) is -0.381. The van der Waals surface area contributed by atoms with E-state index in [1.807, 2.05) is 44.0 Å². The molecule has 2 aliphatic rings. The zero-order valence-corrected chi connectivity index (χ0v) is 22.4. The summed E-state index contributed by atoms with van der Waals surface area (Å²) < 4.78 is 17.9. The largest absolute Gasteiger partial charge is 0.459 e. The van der Waals surface area contributed by atoms with Crippen LogP contribution in [0.15, 0.2) is 36.4 Å². The molecule has 0 saturated heterocycles. The quantitative estimate of drug-likeness (QED) is 0.226. The van der Waals surface area contributed by atoms with E-state index in [1.54, 1.807) is 46.8 Å². The van der Waals surface area contributed by atoms with Gasteiger partial charge in [-0.15, -0.1) is 0 Å². The Hall–Kier alpha value is -3.88. The van der Waals surface area contributed by atoms with Crippen molar-refractivity contribution in [3.63, 3.8) is 0 Å². The summed E-state index contributed by atoms with van der Waals surface area (Å²) in [5.74, 6) is -0.637. The average Bonchev–Trinajstić information content (AvgIpc) is 2.96. The molecule has 37 heavy (non-hydrogen) atoms. The standard InChI is InChI=1S/C28H32N2O7/c1-16(2)24(31)36-22-14-18(30(33)34)13-17-11-12-28(37-23(17)22)27(6,7)20-15-19(9-10-21(20)29(28)8)35-25(32)26(3,4)5/h9-16H,1-8H3/t28-/m0/s1. The van der Waals surface area contributed by atoms with E-state index in [1.165, 1.54) is 12.1 Å².